The first-order valence-corrected chi connectivity index (χ1v) is 5.87. The molecule has 0 aromatic heterocycles. The molecule has 4 N–H and O–H groups in total. The van der Waals surface area contributed by atoms with Crippen LogP contribution in [0.3, 0.4) is 0 Å². The molecular formula is C12H11F4N3O2. The van der Waals surface area contributed by atoms with E-state index in [2.05, 4.69) is 10.6 Å². The van der Waals surface area contributed by atoms with Gasteiger partial charge in [-0.15, -0.1) is 0 Å². The van der Waals surface area contributed by atoms with E-state index in [1.165, 1.54) is 6.07 Å². The van der Waals surface area contributed by atoms with E-state index in [1.807, 2.05) is 0 Å². The molecule has 1 heterocycles. The Bertz CT molecular complexity index is 592. The predicted octanol–water partition coefficient (Wildman–Crippen LogP) is 1.87. The normalized spacial score (nSPS) is 16.9. The average molecular weight is 305 g/mol. The Balaban J connectivity index is 2.37. The molecule has 0 bridgehead atoms. The summed E-state index contributed by atoms with van der Waals surface area (Å²) < 4.78 is 51.1. The highest BCUT2D eigenvalue weighted by Crippen LogP contribution is 2.37. The highest BCUT2D eigenvalue weighted by atomic mass is 19.3. The van der Waals surface area contributed by atoms with Gasteiger partial charge >= 0.3 is 12.3 Å². The SMILES string of the molecule is NC(c1ccc2c(c1)NC(=O)CC(=O)N2)C(F)(F)C(F)F. The van der Waals surface area contributed by atoms with Crippen LogP contribution >= 0.6 is 0 Å². The maximum Gasteiger partial charge on any atom is 0.326 e. The summed E-state index contributed by atoms with van der Waals surface area (Å²) in [6, 6.07) is 1.12. The Labute approximate surface area is 116 Å². The summed E-state index contributed by atoms with van der Waals surface area (Å²) in [7, 11) is 0. The fraction of sp³-hybridized carbons (Fsp3) is 0.333. The number of alkyl halides is 4. The zero-order valence-corrected chi connectivity index (χ0v) is 10.5. The minimum absolute atomic E-state index is 0.0314. The Morgan fingerprint density at radius 2 is 1.67 bits per heavy atom. The fourth-order valence-electron chi connectivity index (χ4n) is 1.86. The lowest BCUT2D eigenvalue weighted by molar-refractivity contribution is -0.144. The van der Waals surface area contributed by atoms with Gasteiger partial charge < -0.3 is 16.4 Å². The third-order valence-electron chi connectivity index (χ3n) is 2.98. The number of anilines is 2. The maximum atomic E-state index is 13.2. The van der Waals surface area contributed by atoms with Gasteiger partial charge in [0.15, 0.2) is 0 Å². The number of rotatable bonds is 3. The summed E-state index contributed by atoms with van der Waals surface area (Å²) in [4.78, 5) is 22.7. The van der Waals surface area contributed by atoms with Crippen molar-refractivity contribution >= 4 is 23.2 Å². The summed E-state index contributed by atoms with van der Waals surface area (Å²) in [6.07, 6.45) is -4.34. The molecule has 1 aliphatic heterocycles. The fourth-order valence-corrected chi connectivity index (χ4v) is 1.86. The number of hydrogen-bond donors (Lipinski definition) is 3. The molecule has 1 atom stereocenters. The van der Waals surface area contributed by atoms with Gasteiger partial charge in [-0.05, 0) is 17.7 Å². The van der Waals surface area contributed by atoms with Crippen LogP contribution in [0.15, 0.2) is 18.2 Å². The summed E-state index contributed by atoms with van der Waals surface area (Å²) in [5.74, 6) is -5.62. The van der Waals surface area contributed by atoms with E-state index >= 15 is 0 Å². The van der Waals surface area contributed by atoms with E-state index < -0.39 is 36.6 Å². The lowest BCUT2D eigenvalue weighted by atomic mass is 10.0. The third-order valence-corrected chi connectivity index (χ3v) is 2.98. The molecule has 1 aliphatic rings. The average Bonchev–Trinajstić information content (AvgIpc) is 2.52. The molecule has 0 saturated carbocycles. The second kappa shape index (κ2) is 5.32. The minimum Gasteiger partial charge on any atom is -0.324 e. The van der Waals surface area contributed by atoms with Crippen molar-refractivity contribution in [3.63, 3.8) is 0 Å². The second-order valence-electron chi connectivity index (χ2n) is 4.53. The van der Waals surface area contributed by atoms with Crippen LogP contribution in [0.5, 0.6) is 0 Å². The van der Waals surface area contributed by atoms with Crippen molar-refractivity contribution in [1.29, 1.82) is 0 Å². The Hall–Kier alpha value is -2.16. The molecule has 114 valence electrons. The van der Waals surface area contributed by atoms with Gasteiger partial charge in [-0.2, -0.15) is 8.78 Å². The van der Waals surface area contributed by atoms with Crippen molar-refractivity contribution < 1.29 is 27.2 Å². The largest absolute Gasteiger partial charge is 0.326 e. The Morgan fingerprint density at radius 3 is 2.24 bits per heavy atom. The van der Waals surface area contributed by atoms with E-state index in [0.717, 1.165) is 12.1 Å². The molecule has 2 rings (SSSR count). The molecule has 5 nitrogen and oxygen atoms in total. The number of nitrogens with two attached hydrogens (primary N) is 1. The van der Waals surface area contributed by atoms with Crippen molar-refractivity contribution in [2.75, 3.05) is 10.6 Å². The molecule has 1 aromatic rings. The summed E-state index contributed by atoms with van der Waals surface area (Å²) in [6.45, 7) is 0. The van der Waals surface area contributed by atoms with Crippen molar-refractivity contribution in [2.24, 2.45) is 5.73 Å². The molecule has 0 spiro atoms. The van der Waals surface area contributed by atoms with Crippen LogP contribution in [-0.2, 0) is 9.59 Å². The second-order valence-corrected chi connectivity index (χ2v) is 4.53. The number of carbonyl (C=O) groups excluding carboxylic acids is 2. The third kappa shape index (κ3) is 2.97. The Kier molecular flexibility index (Phi) is 3.86. The topological polar surface area (TPSA) is 84.2 Å². The van der Waals surface area contributed by atoms with Crippen molar-refractivity contribution in [2.45, 2.75) is 24.8 Å². The number of fused-ring (bicyclic) bond motifs is 1. The zero-order chi connectivity index (χ0) is 15.8. The molecule has 0 saturated heterocycles. The number of halogens is 4. The number of hydrogen-bond acceptors (Lipinski definition) is 3. The number of carbonyl (C=O) groups is 2. The van der Waals surface area contributed by atoms with Crippen LogP contribution in [0, 0.1) is 0 Å². The molecular weight excluding hydrogens is 294 g/mol. The van der Waals surface area contributed by atoms with E-state index in [0.29, 0.717) is 0 Å². The van der Waals surface area contributed by atoms with Gasteiger partial charge in [0.25, 0.3) is 0 Å². The lowest BCUT2D eigenvalue weighted by Gasteiger charge is -2.23. The molecule has 2 amide bonds. The number of amides is 2. The number of nitrogens with one attached hydrogen (secondary N) is 2. The standard InChI is InChI=1S/C12H11F4N3O2/c13-11(14)12(15,16)10(17)5-1-2-6-7(3-5)19-9(21)4-8(20)18-6/h1-3,10-11H,4,17H2,(H,18,20)(H,19,21). The van der Waals surface area contributed by atoms with Crippen LogP contribution < -0.4 is 16.4 Å². The Morgan fingerprint density at radius 1 is 1.10 bits per heavy atom. The molecule has 0 aliphatic carbocycles. The van der Waals surface area contributed by atoms with Gasteiger partial charge in [0.1, 0.15) is 12.5 Å². The molecule has 21 heavy (non-hydrogen) atoms. The quantitative estimate of drug-likeness (QED) is 0.589. The predicted molar refractivity (Wildman–Crippen MR) is 66.2 cm³/mol. The molecule has 1 unspecified atom stereocenters. The smallest absolute Gasteiger partial charge is 0.324 e. The number of benzene rings is 1. The van der Waals surface area contributed by atoms with Gasteiger partial charge in [-0.1, -0.05) is 6.07 Å². The first-order chi connectivity index (χ1) is 9.71. The van der Waals surface area contributed by atoms with Gasteiger partial charge in [-0.3, -0.25) is 9.59 Å². The first kappa shape index (κ1) is 15.2. The molecule has 9 heteroatoms. The van der Waals surface area contributed by atoms with E-state index in [1.54, 1.807) is 0 Å². The summed E-state index contributed by atoms with van der Waals surface area (Å²) in [5.41, 5.74) is 5.11. The van der Waals surface area contributed by atoms with Gasteiger partial charge in [-0.25, -0.2) is 8.78 Å². The van der Waals surface area contributed by atoms with Crippen LogP contribution in [0.4, 0.5) is 28.9 Å². The zero-order valence-electron chi connectivity index (χ0n) is 10.5. The van der Waals surface area contributed by atoms with Crippen LogP contribution in [-0.4, -0.2) is 24.2 Å². The maximum absolute atomic E-state index is 13.2. The highest BCUT2D eigenvalue weighted by molar-refractivity contribution is 6.13. The van der Waals surface area contributed by atoms with E-state index in [4.69, 9.17) is 5.73 Å². The molecule has 1 aromatic carbocycles. The summed E-state index contributed by atoms with van der Waals surface area (Å²) in [5, 5.41) is 4.70. The minimum atomic E-state index is -4.41. The highest BCUT2D eigenvalue weighted by Gasteiger charge is 2.47. The van der Waals surface area contributed by atoms with Crippen molar-refractivity contribution in [3.05, 3.63) is 23.8 Å². The lowest BCUT2D eigenvalue weighted by Crippen LogP contribution is -2.39. The van der Waals surface area contributed by atoms with Crippen molar-refractivity contribution in [3.8, 4) is 0 Å². The monoisotopic (exact) mass is 305 g/mol. The van der Waals surface area contributed by atoms with Crippen LogP contribution in [0.25, 0.3) is 0 Å². The summed E-state index contributed by atoms with van der Waals surface area (Å²) >= 11 is 0. The van der Waals surface area contributed by atoms with Crippen LogP contribution in [0.2, 0.25) is 0 Å². The van der Waals surface area contributed by atoms with Gasteiger partial charge in [0.05, 0.1) is 11.4 Å². The van der Waals surface area contributed by atoms with Crippen molar-refractivity contribution in [1.82, 2.24) is 0 Å². The molecule has 0 fully saturated rings. The first-order valence-electron chi connectivity index (χ1n) is 5.87. The molecule has 0 radical (unpaired) electrons. The van der Waals surface area contributed by atoms with Crippen LogP contribution in [0.1, 0.15) is 18.0 Å². The van der Waals surface area contributed by atoms with Gasteiger partial charge in [0, 0.05) is 0 Å². The van der Waals surface area contributed by atoms with Gasteiger partial charge in [0.2, 0.25) is 11.8 Å². The van der Waals surface area contributed by atoms with E-state index in [9.17, 15) is 27.2 Å². The van der Waals surface area contributed by atoms with E-state index in [-0.39, 0.29) is 16.9 Å².